The Bertz CT molecular complexity index is 522. The lowest BCUT2D eigenvalue weighted by Crippen LogP contribution is -2.51. The normalized spacial score (nSPS) is 22.4. The number of piperazine rings is 1. The number of amides is 1. The first-order chi connectivity index (χ1) is 14.8. The van der Waals surface area contributed by atoms with Gasteiger partial charge in [-0.3, -0.25) is 14.7 Å². The van der Waals surface area contributed by atoms with Crippen LogP contribution in [0.3, 0.4) is 0 Å². The molecule has 0 spiro atoms. The van der Waals surface area contributed by atoms with Gasteiger partial charge in [0.15, 0.2) is 5.96 Å². The highest BCUT2D eigenvalue weighted by atomic mass is 16.5. The molecule has 7 nitrogen and oxygen atoms in total. The molecule has 30 heavy (non-hydrogen) atoms. The van der Waals surface area contributed by atoms with Crippen LogP contribution >= 0.6 is 0 Å². The molecular formula is C23H43N5O2. The number of rotatable bonds is 9. The maximum atomic E-state index is 12.4. The molecule has 3 aliphatic rings. The third-order valence-electron chi connectivity index (χ3n) is 6.72. The van der Waals surface area contributed by atoms with E-state index >= 15 is 0 Å². The highest BCUT2D eigenvalue weighted by Gasteiger charge is 2.30. The van der Waals surface area contributed by atoms with Crippen molar-refractivity contribution in [2.75, 3.05) is 59.0 Å². The fourth-order valence-electron chi connectivity index (χ4n) is 4.55. The van der Waals surface area contributed by atoms with Gasteiger partial charge in [0.05, 0.1) is 19.3 Å². The molecule has 0 radical (unpaired) electrons. The minimum atomic E-state index is 0.321. The molecule has 3 rings (SSSR count). The minimum Gasteiger partial charge on any atom is -0.376 e. The first kappa shape index (κ1) is 23.3. The van der Waals surface area contributed by atoms with Crippen molar-refractivity contribution in [2.45, 2.75) is 70.8 Å². The van der Waals surface area contributed by atoms with Crippen molar-refractivity contribution in [1.29, 1.82) is 0 Å². The standard InChI is InChI=1S/C23H43N5O2/c1-2-24-23(26-13-19-30-21-10-5-3-4-6-11-21)25-12-14-27-15-17-28(18-16-27)22(29)20-8-7-9-20/h20-21H,2-19H2,1H3,(H2,24,25,26). The van der Waals surface area contributed by atoms with Gasteiger partial charge in [0, 0.05) is 51.7 Å². The van der Waals surface area contributed by atoms with E-state index in [-0.39, 0.29) is 0 Å². The lowest BCUT2D eigenvalue weighted by Gasteiger charge is -2.38. The third-order valence-corrected chi connectivity index (χ3v) is 6.72. The van der Waals surface area contributed by atoms with Crippen molar-refractivity contribution >= 4 is 11.9 Å². The molecule has 0 atom stereocenters. The SMILES string of the molecule is CCNC(=NCCN1CCN(C(=O)C2CCC2)CC1)NCCOC1CCCCCC1. The summed E-state index contributed by atoms with van der Waals surface area (Å²) in [6, 6.07) is 0. The van der Waals surface area contributed by atoms with Crippen LogP contribution in [-0.2, 0) is 9.53 Å². The second-order valence-corrected chi connectivity index (χ2v) is 8.97. The van der Waals surface area contributed by atoms with E-state index in [1.165, 1.54) is 44.9 Å². The van der Waals surface area contributed by atoms with Gasteiger partial charge in [-0.1, -0.05) is 32.1 Å². The number of aliphatic imine (C=N–C) groups is 1. The summed E-state index contributed by atoms with van der Waals surface area (Å²) in [6.45, 7) is 9.88. The van der Waals surface area contributed by atoms with E-state index < -0.39 is 0 Å². The predicted octanol–water partition coefficient (Wildman–Crippen LogP) is 2.23. The molecule has 2 N–H and O–H groups in total. The molecule has 0 aromatic carbocycles. The second kappa shape index (κ2) is 13.2. The van der Waals surface area contributed by atoms with E-state index in [9.17, 15) is 4.79 Å². The lowest BCUT2D eigenvalue weighted by atomic mass is 9.84. The number of nitrogens with zero attached hydrogens (tertiary/aromatic N) is 3. The molecule has 0 aromatic rings. The molecule has 1 amide bonds. The van der Waals surface area contributed by atoms with Gasteiger partial charge in [0.2, 0.25) is 5.91 Å². The Balaban J connectivity index is 1.29. The monoisotopic (exact) mass is 421 g/mol. The molecule has 172 valence electrons. The van der Waals surface area contributed by atoms with E-state index in [2.05, 4.69) is 27.4 Å². The Kier molecular flexibility index (Phi) is 10.2. The Labute approximate surface area is 183 Å². The van der Waals surface area contributed by atoms with Gasteiger partial charge in [0.25, 0.3) is 0 Å². The zero-order chi connectivity index (χ0) is 21.0. The number of carbonyl (C=O) groups excluding carboxylic acids is 1. The topological polar surface area (TPSA) is 69.2 Å². The molecule has 2 aliphatic carbocycles. The summed E-state index contributed by atoms with van der Waals surface area (Å²) in [7, 11) is 0. The highest BCUT2D eigenvalue weighted by Crippen LogP contribution is 2.28. The average molecular weight is 422 g/mol. The molecule has 1 heterocycles. The van der Waals surface area contributed by atoms with Crippen LogP contribution in [-0.4, -0.2) is 86.7 Å². The summed E-state index contributed by atoms with van der Waals surface area (Å²) < 4.78 is 6.06. The van der Waals surface area contributed by atoms with Gasteiger partial charge in [-0.2, -0.15) is 0 Å². The van der Waals surface area contributed by atoms with Gasteiger partial charge >= 0.3 is 0 Å². The van der Waals surface area contributed by atoms with Crippen molar-refractivity contribution in [1.82, 2.24) is 20.4 Å². The van der Waals surface area contributed by atoms with E-state index in [1.54, 1.807) is 0 Å². The van der Waals surface area contributed by atoms with Crippen molar-refractivity contribution in [3.05, 3.63) is 0 Å². The van der Waals surface area contributed by atoms with Crippen LogP contribution in [0.25, 0.3) is 0 Å². The molecule has 0 bridgehead atoms. The first-order valence-electron chi connectivity index (χ1n) is 12.4. The van der Waals surface area contributed by atoms with Crippen molar-refractivity contribution in [3.8, 4) is 0 Å². The number of guanidine groups is 1. The summed E-state index contributed by atoms with van der Waals surface area (Å²) >= 11 is 0. The van der Waals surface area contributed by atoms with Crippen molar-refractivity contribution in [3.63, 3.8) is 0 Å². The summed E-state index contributed by atoms with van der Waals surface area (Å²) in [5.74, 6) is 1.59. The van der Waals surface area contributed by atoms with Crippen LogP contribution in [0.15, 0.2) is 4.99 Å². The van der Waals surface area contributed by atoms with Crippen molar-refractivity contribution in [2.24, 2.45) is 10.9 Å². The Morgan fingerprint density at radius 3 is 2.33 bits per heavy atom. The lowest BCUT2D eigenvalue weighted by molar-refractivity contribution is -0.139. The van der Waals surface area contributed by atoms with Gasteiger partial charge < -0.3 is 20.3 Å². The van der Waals surface area contributed by atoms with Gasteiger partial charge in [-0.25, -0.2) is 0 Å². The van der Waals surface area contributed by atoms with Crippen LogP contribution in [0.1, 0.15) is 64.7 Å². The molecule has 2 saturated carbocycles. The zero-order valence-corrected chi connectivity index (χ0v) is 19.0. The summed E-state index contributed by atoms with van der Waals surface area (Å²) in [4.78, 5) is 21.6. The smallest absolute Gasteiger partial charge is 0.225 e. The van der Waals surface area contributed by atoms with Crippen LogP contribution in [0.5, 0.6) is 0 Å². The zero-order valence-electron chi connectivity index (χ0n) is 19.0. The maximum absolute atomic E-state index is 12.4. The molecule has 3 fully saturated rings. The number of ether oxygens (including phenoxy) is 1. The average Bonchev–Trinajstić information content (AvgIpc) is 2.99. The quantitative estimate of drug-likeness (QED) is 0.259. The van der Waals surface area contributed by atoms with Gasteiger partial charge in [0.1, 0.15) is 0 Å². The molecule has 0 unspecified atom stereocenters. The van der Waals surface area contributed by atoms with E-state index in [0.717, 1.165) is 77.8 Å². The van der Waals surface area contributed by atoms with E-state index in [1.807, 2.05) is 0 Å². The fraction of sp³-hybridized carbons (Fsp3) is 0.913. The third kappa shape index (κ3) is 7.73. The highest BCUT2D eigenvalue weighted by molar-refractivity contribution is 5.80. The number of hydrogen-bond donors (Lipinski definition) is 2. The summed E-state index contributed by atoms with van der Waals surface area (Å²) in [6.07, 6.45) is 11.6. The summed E-state index contributed by atoms with van der Waals surface area (Å²) in [5, 5.41) is 6.73. The molecule has 7 heteroatoms. The van der Waals surface area contributed by atoms with Gasteiger partial charge in [-0.15, -0.1) is 0 Å². The summed E-state index contributed by atoms with van der Waals surface area (Å²) in [5.41, 5.74) is 0. The molecule has 1 saturated heterocycles. The van der Waals surface area contributed by atoms with Crippen LogP contribution in [0.4, 0.5) is 0 Å². The van der Waals surface area contributed by atoms with Crippen LogP contribution in [0.2, 0.25) is 0 Å². The number of carbonyl (C=O) groups is 1. The Hall–Kier alpha value is -1.34. The fourth-order valence-corrected chi connectivity index (χ4v) is 4.55. The van der Waals surface area contributed by atoms with Gasteiger partial charge in [-0.05, 0) is 32.6 Å². The molecule has 0 aromatic heterocycles. The van der Waals surface area contributed by atoms with E-state index in [0.29, 0.717) is 17.9 Å². The first-order valence-corrected chi connectivity index (χ1v) is 12.4. The molecular weight excluding hydrogens is 378 g/mol. The predicted molar refractivity (Wildman–Crippen MR) is 122 cm³/mol. The second-order valence-electron chi connectivity index (χ2n) is 8.97. The maximum Gasteiger partial charge on any atom is 0.225 e. The Morgan fingerprint density at radius 2 is 1.70 bits per heavy atom. The van der Waals surface area contributed by atoms with Crippen molar-refractivity contribution < 1.29 is 9.53 Å². The largest absolute Gasteiger partial charge is 0.376 e. The molecule has 1 aliphatic heterocycles. The van der Waals surface area contributed by atoms with E-state index in [4.69, 9.17) is 9.73 Å². The number of hydrogen-bond acceptors (Lipinski definition) is 4. The van der Waals surface area contributed by atoms with Crippen LogP contribution in [0, 0.1) is 5.92 Å². The Morgan fingerprint density at radius 1 is 0.967 bits per heavy atom. The minimum absolute atomic E-state index is 0.321. The number of nitrogens with one attached hydrogen (secondary N) is 2. The van der Waals surface area contributed by atoms with Crippen LogP contribution < -0.4 is 10.6 Å².